The Kier molecular flexibility index (Phi) is 5.35. The van der Waals surface area contributed by atoms with Crippen LogP contribution in [0.3, 0.4) is 0 Å². The SMILES string of the molecule is CC1CCCN1CCc1ccc(-c2ccc3cn(C(=O)c4cncnc4)cc3c2)cc1. The molecule has 1 aliphatic heterocycles. The summed E-state index contributed by atoms with van der Waals surface area (Å²) in [4.78, 5) is 23.1. The van der Waals surface area contributed by atoms with Gasteiger partial charge in [-0.1, -0.05) is 36.4 Å². The minimum absolute atomic E-state index is 0.130. The van der Waals surface area contributed by atoms with Crippen molar-refractivity contribution in [3.05, 3.63) is 84.7 Å². The predicted octanol–water partition coefficient (Wildman–Crippen LogP) is 4.81. The Morgan fingerprint density at radius 2 is 1.74 bits per heavy atom. The number of carbonyl (C=O) groups is 1. The number of likely N-dealkylation sites (tertiary alicyclic amines) is 1. The van der Waals surface area contributed by atoms with Crippen LogP contribution in [0.5, 0.6) is 0 Å². The highest BCUT2D eigenvalue weighted by molar-refractivity contribution is 5.99. The standard InChI is InChI=1S/C26H26N4O/c1-19-3-2-11-29(19)12-10-20-4-6-21(7-5-20)22-8-9-23-16-30(17-24(23)13-22)26(31)25-14-27-18-28-15-25/h4-9,13-19H,2-3,10-12H2,1H3. The van der Waals surface area contributed by atoms with E-state index in [9.17, 15) is 4.79 Å². The average molecular weight is 411 g/mol. The Bertz CT molecular complexity index is 1200. The van der Waals surface area contributed by atoms with Crippen molar-refractivity contribution in [2.75, 3.05) is 13.1 Å². The first kappa shape index (κ1) is 19.6. The largest absolute Gasteiger partial charge is 0.300 e. The number of rotatable bonds is 5. The summed E-state index contributed by atoms with van der Waals surface area (Å²) >= 11 is 0. The third kappa shape index (κ3) is 4.14. The molecule has 3 heterocycles. The molecule has 0 saturated carbocycles. The Labute approximate surface area is 182 Å². The van der Waals surface area contributed by atoms with Crippen LogP contribution in [0.25, 0.3) is 21.9 Å². The summed E-state index contributed by atoms with van der Waals surface area (Å²) in [6.07, 6.45) is 12.0. The van der Waals surface area contributed by atoms with Gasteiger partial charge >= 0.3 is 0 Å². The van der Waals surface area contributed by atoms with Crippen LogP contribution in [0.15, 0.2) is 73.6 Å². The van der Waals surface area contributed by atoms with Crippen LogP contribution in [0.1, 0.15) is 35.7 Å². The third-order valence-corrected chi connectivity index (χ3v) is 6.35. The summed E-state index contributed by atoms with van der Waals surface area (Å²) in [6, 6.07) is 15.9. The van der Waals surface area contributed by atoms with Gasteiger partial charge in [0.1, 0.15) is 6.33 Å². The Hall–Kier alpha value is -3.31. The molecule has 1 atom stereocenters. The molecule has 0 aliphatic carbocycles. The van der Waals surface area contributed by atoms with E-state index in [1.54, 1.807) is 4.57 Å². The zero-order valence-corrected chi connectivity index (χ0v) is 17.7. The van der Waals surface area contributed by atoms with Gasteiger partial charge in [-0.25, -0.2) is 9.97 Å². The van der Waals surface area contributed by atoms with Gasteiger partial charge in [0.05, 0.1) is 5.56 Å². The van der Waals surface area contributed by atoms with E-state index < -0.39 is 0 Å². The molecule has 2 aromatic heterocycles. The first-order valence-electron chi connectivity index (χ1n) is 10.9. The van der Waals surface area contributed by atoms with E-state index >= 15 is 0 Å². The number of nitrogens with zero attached hydrogens (tertiary/aromatic N) is 4. The van der Waals surface area contributed by atoms with Gasteiger partial charge in [-0.05, 0) is 60.9 Å². The van der Waals surface area contributed by atoms with Crippen LogP contribution < -0.4 is 0 Å². The van der Waals surface area contributed by atoms with Crippen molar-refractivity contribution in [1.82, 2.24) is 19.4 Å². The molecule has 5 heteroatoms. The second-order valence-corrected chi connectivity index (χ2v) is 8.42. The Morgan fingerprint density at radius 1 is 1.00 bits per heavy atom. The van der Waals surface area contributed by atoms with Crippen molar-refractivity contribution in [2.24, 2.45) is 0 Å². The van der Waals surface area contributed by atoms with Gasteiger partial charge < -0.3 is 4.90 Å². The molecule has 0 bridgehead atoms. The van der Waals surface area contributed by atoms with Crippen molar-refractivity contribution in [3.63, 3.8) is 0 Å². The number of fused-ring (bicyclic) bond motifs is 1. The fourth-order valence-electron chi connectivity index (χ4n) is 4.46. The minimum atomic E-state index is -0.130. The fourth-order valence-corrected chi connectivity index (χ4v) is 4.46. The molecule has 156 valence electrons. The van der Waals surface area contributed by atoms with E-state index in [1.807, 2.05) is 12.4 Å². The van der Waals surface area contributed by atoms with Crippen LogP contribution in [-0.4, -0.2) is 44.5 Å². The lowest BCUT2D eigenvalue weighted by Gasteiger charge is -2.20. The summed E-state index contributed by atoms with van der Waals surface area (Å²) in [6.45, 7) is 4.71. The maximum absolute atomic E-state index is 12.7. The van der Waals surface area contributed by atoms with Gasteiger partial charge in [0.25, 0.3) is 5.91 Å². The van der Waals surface area contributed by atoms with Gasteiger partial charge in [0.2, 0.25) is 0 Å². The molecule has 31 heavy (non-hydrogen) atoms. The normalized spacial score (nSPS) is 16.7. The van der Waals surface area contributed by atoms with Gasteiger partial charge in [-0.2, -0.15) is 0 Å². The molecule has 0 N–H and O–H groups in total. The van der Waals surface area contributed by atoms with E-state index in [1.165, 1.54) is 49.2 Å². The molecule has 2 aromatic carbocycles. The van der Waals surface area contributed by atoms with Crippen LogP contribution >= 0.6 is 0 Å². The van der Waals surface area contributed by atoms with Crippen LogP contribution in [0.2, 0.25) is 0 Å². The topological polar surface area (TPSA) is 51.0 Å². The number of hydrogen-bond donors (Lipinski definition) is 0. The third-order valence-electron chi connectivity index (χ3n) is 6.35. The smallest absolute Gasteiger partial charge is 0.265 e. The van der Waals surface area contributed by atoms with Gasteiger partial charge in [-0.3, -0.25) is 9.36 Å². The Morgan fingerprint density at radius 3 is 2.48 bits per heavy atom. The first-order valence-corrected chi connectivity index (χ1v) is 10.9. The molecular formula is C26H26N4O. The molecule has 1 aliphatic rings. The lowest BCUT2D eigenvalue weighted by atomic mass is 10.0. The van der Waals surface area contributed by atoms with Crippen molar-refractivity contribution < 1.29 is 4.79 Å². The van der Waals surface area contributed by atoms with Crippen molar-refractivity contribution in [1.29, 1.82) is 0 Å². The molecule has 1 unspecified atom stereocenters. The van der Waals surface area contributed by atoms with Crippen LogP contribution in [-0.2, 0) is 6.42 Å². The van der Waals surface area contributed by atoms with E-state index in [0.717, 1.165) is 35.3 Å². The monoisotopic (exact) mass is 410 g/mol. The summed E-state index contributed by atoms with van der Waals surface area (Å²) in [5.74, 6) is -0.130. The number of hydrogen-bond acceptors (Lipinski definition) is 4. The molecule has 0 radical (unpaired) electrons. The van der Waals surface area contributed by atoms with E-state index in [4.69, 9.17) is 0 Å². The summed E-state index contributed by atoms with van der Waals surface area (Å²) in [7, 11) is 0. The Balaban J connectivity index is 1.32. The molecule has 5 nitrogen and oxygen atoms in total. The minimum Gasteiger partial charge on any atom is -0.300 e. The molecule has 1 saturated heterocycles. The summed E-state index contributed by atoms with van der Waals surface area (Å²) in [5, 5.41) is 2.07. The predicted molar refractivity (Wildman–Crippen MR) is 123 cm³/mol. The highest BCUT2D eigenvalue weighted by Gasteiger charge is 2.19. The molecule has 5 rings (SSSR count). The van der Waals surface area contributed by atoms with Gasteiger partial charge in [0.15, 0.2) is 0 Å². The number of aromatic nitrogens is 3. The van der Waals surface area contributed by atoms with Crippen molar-refractivity contribution in [2.45, 2.75) is 32.2 Å². The van der Waals surface area contributed by atoms with E-state index in [-0.39, 0.29) is 5.91 Å². The molecular weight excluding hydrogens is 384 g/mol. The molecule has 1 fully saturated rings. The molecule has 0 amide bonds. The highest BCUT2D eigenvalue weighted by Crippen LogP contribution is 2.26. The lowest BCUT2D eigenvalue weighted by Crippen LogP contribution is -2.28. The number of benzene rings is 2. The quantitative estimate of drug-likeness (QED) is 0.474. The zero-order valence-electron chi connectivity index (χ0n) is 17.7. The second kappa shape index (κ2) is 8.44. The van der Waals surface area contributed by atoms with Gasteiger partial charge in [-0.15, -0.1) is 0 Å². The van der Waals surface area contributed by atoms with Crippen LogP contribution in [0.4, 0.5) is 0 Å². The second-order valence-electron chi connectivity index (χ2n) is 8.42. The number of carbonyl (C=O) groups excluding carboxylic acids is 1. The van der Waals surface area contributed by atoms with Crippen molar-refractivity contribution >= 4 is 16.7 Å². The lowest BCUT2D eigenvalue weighted by molar-refractivity contribution is 0.0960. The zero-order chi connectivity index (χ0) is 21.2. The summed E-state index contributed by atoms with van der Waals surface area (Å²) < 4.78 is 1.61. The summed E-state index contributed by atoms with van der Waals surface area (Å²) in [5.41, 5.74) is 4.20. The van der Waals surface area contributed by atoms with E-state index in [2.05, 4.69) is 64.3 Å². The van der Waals surface area contributed by atoms with Crippen molar-refractivity contribution in [3.8, 4) is 11.1 Å². The van der Waals surface area contributed by atoms with Crippen LogP contribution in [0, 0.1) is 0 Å². The maximum Gasteiger partial charge on any atom is 0.265 e. The first-order chi connectivity index (χ1) is 15.2. The fraction of sp³-hybridized carbons (Fsp3) is 0.269. The molecule has 0 spiro atoms. The highest BCUT2D eigenvalue weighted by atomic mass is 16.2. The molecule has 4 aromatic rings. The maximum atomic E-state index is 12.7. The average Bonchev–Trinajstić information content (AvgIpc) is 3.43. The van der Waals surface area contributed by atoms with Gasteiger partial charge in [0, 0.05) is 42.8 Å². The van der Waals surface area contributed by atoms with E-state index in [0.29, 0.717) is 5.56 Å².